The molecule has 0 saturated heterocycles. The predicted octanol–water partition coefficient (Wildman–Crippen LogP) is 4.82. The lowest BCUT2D eigenvalue weighted by Crippen LogP contribution is -2.14. The van der Waals surface area contributed by atoms with Crippen molar-refractivity contribution in [3.8, 4) is 17.6 Å². The Morgan fingerprint density at radius 3 is 2.59 bits per heavy atom. The highest BCUT2D eigenvalue weighted by Gasteiger charge is 2.13. The maximum atomic E-state index is 12.3. The Kier molecular flexibility index (Phi) is 6.47. The van der Waals surface area contributed by atoms with Crippen LogP contribution < -0.4 is 14.8 Å². The van der Waals surface area contributed by atoms with Gasteiger partial charge in [0.1, 0.15) is 11.1 Å². The van der Waals surface area contributed by atoms with Crippen molar-refractivity contribution in [1.29, 1.82) is 5.26 Å². The highest BCUT2D eigenvalue weighted by molar-refractivity contribution is 8.00. The number of ether oxygens (including phenoxy) is 2. The minimum Gasteiger partial charge on any atom is -0.493 e. The number of nitrogens with one attached hydrogen (secondary N) is 1. The molecule has 6 nitrogen and oxygen atoms in total. The van der Waals surface area contributed by atoms with Crippen LogP contribution in [0.2, 0.25) is 5.02 Å². The summed E-state index contributed by atoms with van der Waals surface area (Å²) in [5.41, 5.74) is 2.59. The van der Waals surface area contributed by atoms with E-state index in [1.165, 1.54) is 11.8 Å². The number of aryl methyl sites for hydroxylation is 1. The van der Waals surface area contributed by atoms with Gasteiger partial charge < -0.3 is 14.8 Å². The van der Waals surface area contributed by atoms with Crippen LogP contribution in [-0.2, 0) is 4.79 Å². The summed E-state index contributed by atoms with van der Waals surface area (Å²) in [7, 11) is 3.09. The number of halogens is 1. The highest BCUT2D eigenvalue weighted by Crippen LogP contribution is 2.33. The molecular formula is C21H18ClN3O3S. The number of hydrogen-bond acceptors (Lipinski definition) is 6. The van der Waals surface area contributed by atoms with Crippen molar-refractivity contribution in [3.05, 3.63) is 52.5 Å². The van der Waals surface area contributed by atoms with Crippen LogP contribution in [0.5, 0.6) is 11.5 Å². The van der Waals surface area contributed by atoms with Gasteiger partial charge in [0, 0.05) is 22.2 Å². The van der Waals surface area contributed by atoms with E-state index < -0.39 is 0 Å². The molecule has 3 rings (SSSR count). The SMILES string of the molecule is COc1cc2cc(C#N)c(SCC(=O)Nc3ccc(C)c(Cl)c3)nc2cc1OC. The Balaban J connectivity index is 1.80. The van der Waals surface area contributed by atoms with Crippen LogP contribution in [0.25, 0.3) is 10.9 Å². The molecule has 0 aliphatic carbocycles. The Morgan fingerprint density at radius 2 is 1.93 bits per heavy atom. The monoisotopic (exact) mass is 427 g/mol. The zero-order chi connectivity index (χ0) is 21.0. The van der Waals surface area contributed by atoms with E-state index in [4.69, 9.17) is 21.1 Å². The lowest BCUT2D eigenvalue weighted by atomic mass is 10.1. The number of fused-ring (bicyclic) bond motifs is 1. The van der Waals surface area contributed by atoms with Gasteiger partial charge in [-0.25, -0.2) is 4.98 Å². The highest BCUT2D eigenvalue weighted by atomic mass is 35.5. The van der Waals surface area contributed by atoms with Crippen molar-refractivity contribution in [3.63, 3.8) is 0 Å². The summed E-state index contributed by atoms with van der Waals surface area (Å²) in [6.07, 6.45) is 0. The molecule has 0 saturated carbocycles. The second-order valence-electron chi connectivity index (χ2n) is 6.15. The van der Waals surface area contributed by atoms with E-state index in [0.29, 0.717) is 38.3 Å². The summed E-state index contributed by atoms with van der Waals surface area (Å²) in [4.78, 5) is 16.8. The molecule has 0 unspecified atom stereocenters. The molecule has 1 amide bonds. The van der Waals surface area contributed by atoms with Crippen LogP contribution in [0.3, 0.4) is 0 Å². The number of rotatable bonds is 6. The predicted molar refractivity (Wildman–Crippen MR) is 115 cm³/mol. The molecule has 0 aliphatic heterocycles. The molecule has 8 heteroatoms. The molecule has 0 bridgehead atoms. The lowest BCUT2D eigenvalue weighted by Gasteiger charge is -2.11. The number of amides is 1. The minimum absolute atomic E-state index is 0.103. The number of nitrogens with zero attached hydrogens (tertiary/aromatic N) is 2. The number of nitriles is 1. The molecule has 0 spiro atoms. The number of pyridine rings is 1. The van der Waals surface area contributed by atoms with Gasteiger partial charge in [-0.1, -0.05) is 29.4 Å². The lowest BCUT2D eigenvalue weighted by molar-refractivity contribution is -0.113. The maximum Gasteiger partial charge on any atom is 0.234 e. The smallest absolute Gasteiger partial charge is 0.234 e. The Hall–Kier alpha value is -2.95. The molecule has 1 aromatic heterocycles. The van der Waals surface area contributed by atoms with Gasteiger partial charge in [0.05, 0.1) is 31.1 Å². The minimum atomic E-state index is -0.215. The molecular weight excluding hydrogens is 410 g/mol. The van der Waals surface area contributed by atoms with E-state index in [9.17, 15) is 10.1 Å². The van der Waals surface area contributed by atoms with Gasteiger partial charge in [-0.05, 0) is 36.8 Å². The van der Waals surface area contributed by atoms with E-state index in [-0.39, 0.29) is 11.7 Å². The summed E-state index contributed by atoms with van der Waals surface area (Å²) < 4.78 is 10.6. The Bertz CT molecular complexity index is 1130. The van der Waals surface area contributed by atoms with Crippen molar-refractivity contribution in [2.24, 2.45) is 0 Å². The molecule has 0 atom stereocenters. The fourth-order valence-electron chi connectivity index (χ4n) is 2.67. The molecule has 29 heavy (non-hydrogen) atoms. The first kappa shape index (κ1) is 20.8. The number of benzene rings is 2. The zero-order valence-corrected chi connectivity index (χ0v) is 17.6. The van der Waals surface area contributed by atoms with Crippen molar-refractivity contribution in [2.45, 2.75) is 11.9 Å². The third-order valence-electron chi connectivity index (χ3n) is 4.20. The van der Waals surface area contributed by atoms with Gasteiger partial charge in [0.15, 0.2) is 11.5 Å². The van der Waals surface area contributed by atoms with Crippen LogP contribution >= 0.6 is 23.4 Å². The van der Waals surface area contributed by atoms with E-state index in [2.05, 4.69) is 16.4 Å². The molecule has 1 N–H and O–H groups in total. The van der Waals surface area contributed by atoms with Gasteiger partial charge >= 0.3 is 0 Å². The van der Waals surface area contributed by atoms with E-state index in [0.717, 1.165) is 10.9 Å². The average molecular weight is 428 g/mol. The maximum absolute atomic E-state index is 12.3. The zero-order valence-electron chi connectivity index (χ0n) is 16.1. The molecule has 1 heterocycles. The van der Waals surface area contributed by atoms with Crippen molar-refractivity contribution in [2.75, 3.05) is 25.3 Å². The molecule has 0 fully saturated rings. The van der Waals surface area contributed by atoms with Gasteiger partial charge in [0.25, 0.3) is 0 Å². The van der Waals surface area contributed by atoms with Gasteiger partial charge in [-0.3, -0.25) is 4.79 Å². The fourth-order valence-corrected chi connectivity index (χ4v) is 3.62. The molecule has 3 aromatic rings. The average Bonchev–Trinajstić information content (AvgIpc) is 2.73. The van der Waals surface area contributed by atoms with Crippen LogP contribution in [0.4, 0.5) is 5.69 Å². The Morgan fingerprint density at radius 1 is 1.21 bits per heavy atom. The number of thioether (sulfide) groups is 1. The normalized spacial score (nSPS) is 10.4. The van der Waals surface area contributed by atoms with Gasteiger partial charge in [0.2, 0.25) is 5.91 Å². The first-order valence-corrected chi connectivity index (χ1v) is 9.97. The summed E-state index contributed by atoms with van der Waals surface area (Å²) in [6, 6.07) is 12.7. The largest absolute Gasteiger partial charge is 0.493 e. The quantitative estimate of drug-likeness (QED) is 0.568. The van der Waals surface area contributed by atoms with E-state index in [1.807, 2.05) is 13.0 Å². The number of anilines is 1. The number of aromatic nitrogens is 1. The number of carbonyl (C=O) groups excluding carboxylic acids is 1. The summed E-state index contributed by atoms with van der Waals surface area (Å²) >= 11 is 7.28. The van der Waals surface area contributed by atoms with Crippen molar-refractivity contribution >= 4 is 45.9 Å². The number of methoxy groups -OCH3 is 2. The molecule has 0 radical (unpaired) electrons. The Labute approximate surface area is 177 Å². The first-order chi connectivity index (χ1) is 13.9. The van der Waals surface area contributed by atoms with Crippen LogP contribution in [0.15, 0.2) is 41.4 Å². The number of carbonyl (C=O) groups is 1. The molecule has 0 aliphatic rings. The fraction of sp³-hybridized carbons (Fsp3) is 0.190. The molecule has 148 valence electrons. The number of hydrogen-bond donors (Lipinski definition) is 1. The summed E-state index contributed by atoms with van der Waals surface area (Å²) in [6.45, 7) is 1.89. The topological polar surface area (TPSA) is 84.2 Å². The van der Waals surface area contributed by atoms with Crippen LogP contribution in [0, 0.1) is 18.3 Å². The first-order valence-electron chi connectivity index (χ1n) is 8.61. The van der Waals surface area contributed by atoms with Gasteiger partial charge in [-0.2, -0.15) is 5.26 Å². The van der Waals surface area contributed by atoms with Crippen LogP contribution in [0.1, 0.15) is 11.1 Å². The second kappa shape index (κ2) is 9.03. The summed E-state index contributed by atoms with van der Waals surface area (Å²) in [5, 5.41) is 14.1. The van der Waals surface area contributed by atoms with E-state index in [1.54, 1.807) is 44.6 Å². The standard InChI is InChI=1S/C21H18ClN3O3S/c1-12-4-5-15(8-16(12)22)24-20(26)11-29-21-14(10-23)6-13-7-18(27-2)19(28-3)9-17(13)25-21/h4-9H,11H2,1-3H3,(H,24,26). The summed E-state index contributed by atoms with van der Waals surface area (Å²) in [5.74, 6) is 0.990. The van der Waals surface area contributed by atoms with Crippen molar-refractivity contribution in [1.82, 2.24) is 4.98 Å². The van der Waals surface area contributed by atoms with Crippen molar-refractivity contribution < 1.29 is 14.3 Å². The molecule has 2 aromatic carbocycles. The second-order valence-corrected chi connectivity index (χ2v) is 7.52. The third kappa shape index (κ3) is 4.73. The van der Waals surface area contributed by atoms with Crippen LogP contribution in [-0.4, -0.2) is 30.9 Å². The van der Waals surface area contributed by atoms with E-state index >= 15 is 0 Å². The third-order valence-corrected chi connectivity index (χ3v) is 5.60. The van der Waals surface area contributed by atoms with Gasteiger partial charge in [-0.15, -0.1) is 0 Å².